The van der Waals surface area contributed by atoms with Crippen molar-refractivity contribution in [1.82, 2.24) is 0 Å². The molecule has 3 amide bonds. The first-order chi connectivity index (χ1) is 13.7. The van der Waals surface area contributed by atoms with Crippen LogP contribution >= 0.6 is 11.6 Å². The molecule has 0 heterocycles. The van der Waals surface area contributed by atoms with Gasteiger partial charge in [0, 0.05) is 18.2 Å². The Kier molecular flexibility index (Phi) is 7.27. The summed E-state index contributed by atoms with van der Waals surface area (Å²) in [5.41, 5.74) is 6.14. The Morgan fingerprint density at radius 3 is 2.14 bits per heavy atom. The molecule has 0 atom stereocenters. The zero-order valence-corrected chi connectivity index (χ0v) is 16.8. The molecule has 0 aliphatic rings. The summed E-state index contributed by atoms with van der Waals surface area (Å²) < 4.78 is 15.8. The van der Waals surface area contributed by atoms with Gasteiger partial charge in [-0.3, -0.25) is 14.4 Å². The minimum absolute atomic E-state index is 0.142. The van der Waals surface area contributed by atoms with Gasteiger partial charge in [-0.25, -0.2) is 0 Å². The van der Waals surface area contributed by atoms with E-state index in [2.05, 4.69) is 10.6 Å². The average molecular weight is 422 g/mol. The lowest BCUT2D eigenvalue weighted by Crippen LogP contribution is -2.20. The van der Waals surface area contributed by atoms with Crippen LogP contribution in [-0.2, 0) is 9.59 Å². The van der Waals surface area contributed by atoms with Gasteiger partial charge in [0.2, 0.25) is 11.7 Å². The van der Waals surface area contributed by atoms with Crippen LogP contribution in [0.1, 0.15) is 17.3 Å². The van der Waals surface area contributed by atoms with Crippen LogP contribution in [0.2, 0.25) is 5.02 Å². The van der Waals surface area contributed by atoms with Crippen LogP contribution < -0.4 is 30.6 Å². The van der Waals surface area contributed by atoms with Gasteiger partial charge in [0.15, 0.2) is 18.1 Å². The van der Waals surface area contributed by atoms with Crippen molar-refractivity contribution in [3.63, 3.8) is 0 Å². The van der Waals surface area contributed by atoms with Gasteiger partial charge in [0.1, 0.15) is 0 Å². The Morgan fingerprint density at radius 2 is 1.66 bits per heavy atom. The summed E-state index contributed by atoms with van der Waals surface area (Å²) in [4.78, 5) is 34.8. The maximum absolute atomic E-state index is 12.7. The Hall–Kier alpha value is -3.46. The molecule has 0 spiro atoms. The van der Waals surface area contributed by atoms with Crippen LogP contribution in [0.3, 0.4) is 0 Å². The highest BCUT2D eigenvalue weighted by Gasteiger charge is 2.19. The third kappa shape index (κ3) is 5.76. The predicted molar refractivity (Wildman–Crippen MR) is 108 cm³/mol. The standard InChI is InChI=1S/C19H20ClN3O6/c1-10(24)22-12-4-5-14(13(20)8-12)23-19(26)11-6-15(27-2)18(16(7-11)28-3)29-9-17(21)25/h4-8H,9H2,1-3H3,(H2,21,25)(H,22,24)(H,23,26). The Labute approximate surface area is 172 Å². The number of anilines is 2. The van der Waals surface area contributed by atoms with Crippen molar-refractivity contribution < 1.29 is 28.6 Å². The third-order valence-electron chi connectivity index (χ3n) is 3.62. The van der Waals surface area contributed by atoms with E-state index in [9.17, 15) is 14.4 Å². The van der Waals surface area contributed by atoms with Crippen LogP contribution in [0.15, 0.2) is 30.3 Å². The van der Waals surface area contributed by atoms with E-state index in [0.717, 1.165) is 0 Å². The minimum atomic E-state index is -0.673. The fraction of sp³-hybridized carbons (Fsp3) is 0.211. The number of rotatable bonds is 8. The molecular weight excluding hydrogens is 402 g/mol. The quantitative estimate of drug-likeness (QED) is 0.600. The molecule has 2 aromatic carbocycles. The second-order valence-electron chi connectivity index (χ2n) is 5.79. The molecule has 0 saturated heterocycles. The zero-order chi connectivity index (χ0) is 21.6. The number of primary amides is 1. The summed E-state index contributed by atoms with van der Waals surface area (Å²) in [5.74, 6) is -0.894. The topological polar surface area (TPSA) is 129 Å². The van der Waals surface area contributed by atoms with E-state index < -0.39 is 11.8 Å². The highest BCUT2D eigenvalue weighted by molar-refractivity contribution is 6.34. The zero-order valence-electron chi connectivity index (χ0n) is 16.0. The second-order valence-corrected chi connectivity index (χ2v) is 6.20. The molecule has 0 aliphatic carbocycles. The number of carbonyl (C=O) groups excluding carboxylic acids is 3. The second kappa shape index (κ2) is 9.65. The number of methoxy groups -OCH3 is 2. The molecule has 0 bridgehead atoms. The number of benzene rings is 2. The van der Waals surface area contributed by atoms with Crippen LogP contribution in [0.25, 0.3) is 0 Å². The number of amides is 3. The van der Waals surface area contributed by atoms with Crippen LogP contribution in [0, 0.1) is 0 Å². The third-order valence-corrected chi connectivity index (χ3v) is 3.93. The summed E-state index contributed by atoms with van der Waals surface area (Å²) in [5, 5.41) is 5.51. The van der Waals surface area contributed by atoms with Crippen molar-refractivity contribution in [2.75, 3.05) is 31.5 Å². The lowest BCUT2D eigenvalue weighted by Gasteiger charge is -2.16. The van der Waals surface area contributed by atoms with Gasteiger partial charge in [-0.2, -0.15) is 0 Å². The molecule has 2 rings (SSSR count). The van der Waals surface area contributed by atoms with Crippen molar-refractivity contribution in [2.24, 2.45) is 5.73 Å². The van der Waals surface area contributed by atoms with Gasteiger partial charge in [0.05, 0.1) is 24.9 Å². The smallest absolute Gasteiger partial charge is 0.255 e. The fourth-order valence-electron chi connectivity index (χ4n) is 2.39. The number of carbonyl (C=O) groups is 3. The largest absolute Gasteiger partial charge is 0.493 e. The van der Waals surface area contributed by atoms with E-state index in [1.54, 1.807) is 12.1 Å². The molecule has 154 valence electrons. The molecule has 9 nitrogen and oxygen atoms in total. The highest BCUT2D eigenvalue weighted by Crippen LogP contribution is 2.39. The van der Waals surface area contributed by atoms with Gasteiger partial charge < -0.3 is 30.6 Å². The highest BCUT2D eigenvalue weighted by atomic mass is 35.5. The first-order valence-corrected chi connectivity index (χ1v) is 8.68. The van der Waals surface area contributed by atoms with Crippen LogP contribution in [-0.4, -0.2) is 38.5 Å². The van der Waals surface area contributed by atoms with Crippen molar-refractivity contribution in [3.8, 4) is 17.2 Å². The fourth-order valence-corrected chi connectivity index (χ4v) is 2.62. The van der Waals surface area contributed by atoms with E-state index in [4.69, 9.17) is 31.5 Å². The van der Waals surface area contributed by atoms with E-state index in [0.29, 0.717) is 11.4 Å². The van der Waals surface area contributed by atoms with Gasteiger partial charge in [-0.05, 0) is 30.3 Å². The lowest BCUT2D eigenvalue weighted by molar-refractivity contribution is -0.120. The lowest BCUT2D eigenvalue weighted by atomic mass is 10.1. The minimum Gasteiger partial charge on any atom is -0.493 e. The van der Waals surface area contributed by atoms with Crippen LogP contribution in [0.5, 0.6) is 17.2 Å². The molecule has 0 unspecified atom stereocenters. The van der Waals surface area contributed by atoms with Crippen molar-refractivity contribution >= 4 is 40.7 Å². The molecule has 0 fully saturated rings. The molecule has 2 aromatic rings. The van der Waals surface area contributed by atoms with E-state index in [1.165, 1.54) is 39.3 Å². The first-order valence-electron chi connectivity index (χ1n) is 8.30. The van der Waals surface area contributed by atoms with Crippen molar-refractivity contribution in [2.45, 2.75) is 6.92 Å². The van der Waals surface area contributed by atoms with E-state index in [1.807, 2.05) is 0 Å². The first kappa shape index (κ1) is 21.8. The summed E-state index contributed by atoms with van der Waals surface area (Å²) in [6.07, 6.45) is 0. The summed E-state index contributed by atoms with van der Waals surface area (Å²) in [7, 11) is 2.76. The molecular formula is C19H20ClN3O6. The normalized spacial score (nSPS) is 10.1. The average Bonchev–Trinajstić information content (AvgIpc) is 2.67. The SMILES string of the molecule is COc1cc(C(=O)Nc2ccc(NC(C)=O)cc2Cl)cc(OC)c1OCC(N)=O. The Morgan fingerprint density at radius 1 is 1.03 bits per heavy atom. The van der Waals surface area contributed by atoms with Crippen molar-refractivity contribution in [3.05, 3.63) is 40.9 Å². The summed E-state index contributed by atoms with van der Waals surface area (Å²) in [6, 6.07) is 7.52. The molecule has 0 aromatic heterocycles. The number of nitrogens with two attached hydrogens (primary N) is 1. The van der Waals surface area contributed by atoms with E-state index >= 15 is 0 Å². The Bertz CT molecular complexity index is 923. The molecule has 0 saturated carbocycles. The number of hydrogen-bond donors (Lipinski definition) is 3. The molecule has 4 N–H and O–H groups in total. The van der Waals surface area contributed by atoms with E-state index in [-0.39, 0.29) is 40.3 Å². The number of nitrogens with one attached hydrogen (secondary N) is 2. The van der Waals surface area contributed by atoms with Crippen LogP contribution in [0.4, 0.5) is 11.4 Å². The van der Waals surface area contributed by atoms with Gasteiger partial charge in [-0.15, -0.1) is 0 Å². The number of halogens is 1. The predicted octanol–water partition coefficient (Wildman–Crippen LogP) is 2.43. The monoisotopic (exact) mass is 421 g/mol. The maximum Gasteiger partial charge on any atom is 0.255 e. The summed E-state index contributed by atoms with van der Waals surface area (Å²) >= 11 is 6.18. The maximum atomic E-state index is 12.7. The number of hydrogen-bond acceptors (Lipinski definition) is 6. The number of ether oxygens (including phenoxy) is 3. The van der Waals surface area contributed by atoms with Gasteiger partial charge in [0.25, 0.3) is 11.8 Å². The molecule has 10 heteroatoms. The Balaban J connectivity index is 2.28. The summed E-state index contributed by atoms with van der Waals surface area (Å²) in [6.45, 7) is 0.996. The molecule has 0 radical (unpaired) electrons. The van der Waals surface area contributed by atoms with Gasteiger partial charge >= 0.3 is 0 Å². The van der Waals surface area contributed by atoms with Gasteiger partial charge in [-0.1, -0.05) is 11.6 Å². The molecule has 29 heavy (non-hydrogen) atoms. The van der Waals surface area contributed by atoms with Crippen molar-refractivity contribution in [1.29, 1.82) is 0 Å². The molecule has 0 aliphatic heterocycles.